The number of amides is 1. The zero-order valence-corrected chi connectivity index (χ0v) is 18.4. The van der Waals surface area contributed by atoms with Gasteiger partial charge in [-0.2, -0.15) is 9.50 Å². The summed E-state index contributed by atoms with van der Waals surface area (Å²) < 4.78 is 20.9. The minimum absolute atomic E-state index is 0.285. The van der Waals surface area contributed by atoms with Gasteiger partial charge in [0, 0.05) is 25.0 Å². The van der Waals surface area contributed by atoms with Crippen LogP contribution in [0, 0.1) is 12.7 Å². The van der Waals surface area contributed by atoms with Gasteiger partial charge in [-0.05, 0) is 36.8 Å². The smallest absolute Gasteiger partial charge is 0.291 e. The van der Waals surface area contributed by atoms with E-state index in [1.807, 2.05) is 31.2 Å². The van der Waals surface area contributed by atoms with Crippen molar-refractivity contribution in [2.24, 2.45) is 0 Å². The molecular formula is C23H19FN4O3S. The molecule has 0 bridgehead atoms. The topological polar surface area (TPSA) is 80.7 Å². The molecule has 7 nitrogen and oxygen atoms in total. The fourth-order valence-electron chi connectivity index (χ4n) is 3.07. The van der Waals surface area contributed by atoms with Crippen molar-refractivity contribution in [3.8, 4) is 11.6 Å². The van der Waals surface area contributed by atoms with E-state index in [0.29, 0.717) is 26.6 Å². The molecule has 0 aliphatic rings. The van der Waals surface area contributed by atoms with Crippen molar-refractivity contribution in [3.05, 3.63) is 80.4 Å². The Kier molecular flexibility index (Phi) is 5.83. The molecule has 0 saturated heterocycles. The second-order valence-electron chi connectivity index (χ2n) is 7.22. The Bertz CT molecular complexity index is 1530. The summed E-state index contributed by atoms with van der Waals surface area (Å²) in [6.45, 7) is 1.94. The van der Waals surface area contributed by atoms with Crippen LogP contribution in [0.25, 0.3) is 33.6 Å². The van der Waals surface area contributed by atoms with Crippen molar-refractivity contribution in [2.75, 3.05) is 14.1 Å². The first-order valence-corrected chi connectivity index (χ1v) is 10.5. The van der Waals surface area contributed by atoms with Crippen LogP contribution in [0.3, 0.4) is 0 Å². The van der Waals surface area contributed by atoms with Crippen molar-refractivity contribution >= 4 is 39.8 Å². The van der Waals surface area contributed by atoms with Gasteiger partial charge in [-0.3, -0.25) is 9.59 Å². The van der Waals surface area contributed by atoms with Crippen molar-refractivity contribution in [1.29, 1.82) is 0 Å². The number of nitrogens with zero attached hydrogens (tertiary/aromatic N) is 4. The number of hydrogen-bond donors (Lipinski definition) is 0. The third kappa shape index (κ3) is 4.15. The molecule has 0 N–H and O–H groups in total. The van der Waals surface area contributed by atoms with E-state index >= 15 is 0 Å². The standard InChI is InChI=1S/C20H12FN3O2S.C3H7NO/c1-11-14-7-2-3-8-15(14)26-17(11)18-22-20-24(23-18)19(25)16(27-20)10-12-5-4-6-13(21)9-12;1-4(2)3-5/h2-10H,1H3;3H,1-2H3/b16-10-;. The van der Waals surface area contributed by atoms with Gasteiger partial charge in [-0.1, -0.05) is 41.7 Å². The number of furan rings is 1. The van der Waals surface area contributed by atoms with E-state index in [-0.39, 0.29) is 11.4 Å². The van der Waals surface area contributed by atoms with Gasteiger partial charge in [-0.25, -0.2) is 4.39 Å². The van der Waals surface area contributed by atoms with Crippen LogP contribution in [-0.2, 0) is 4.79 Å². The number of thiazole rings is 1. The number of benzene rings is 2. The van der Waals surface area contributed by atoms with Crippen molar-refractivity contribution in [3.63, 3.8) is 0 Å². The maximum Gasteiger partial charge on any atom is 0.291 e. The number of aryl methyl sites for hydroxylation is 1. The summed E-state index contributed by atoms with van der Waals surface area (Å²) in [5.74, 6) is 0.588. The Morgan fingerprint density at radius 1 is 1.16 bits per heavy atom. The lowest BCUT2D eigenvalue weighted by Gasteiger charge is -1.93. The lowest BCUT2D eigenvalue weighted by atomic mass is 10.1. The lowest BCUT2D eigenvalue weighted by molar-refractivity contribution is -0.115. The van der Waals surface area contributed by atoms with Gasteiger partial charge in [-0.15, -0.1) is 5.10 Å². The molecule has 0 atom stereocenters. The van der Waals surface area contributed by atoms with Gasteiger partial charge in [0.1, 0.15) is 11.4 Å². The second kappa shape index (κ2) is 8.72. The number of aromatic nitrogens is 3. The third-order valence-corrected chi connectivity index (χ3v) is 5.55. The molecule has 0 unspecified atom stereocenters. The molecule has 162 valence electrons. The Morgan fingerprint density at radius 3 is 2.56 bits per heavy atom. The predicted octanol–water partition coefficient (Wildman–Crippen LogP) is 3.26. The van der Waals surface area contributed by atoms with E-state index in [1.165, 1.54) is 32.9 Å². The molecule has 0 spiro atoms. The van der Waals surface area contributed by atoms with Gasteiger partial charge < -0.3 is 9.32 Å². The van der Waals surface area contributed by atoms with E-state index in [9.17, 15) is 14.0 Å². The van der Waals surface area contributed by atoms with Gasteiger partial charge >= 0.3 is 0 Å². The second-order valence-corrected chi connectivity index (χ2v) is 8.23. The predicted molar refractivity (Wildman–Crippen MR) is 122 cm³/mol. The minimum atomic E-state index is -0.349. The Labute approximate surface area is 186 Å². The van der Waals surface area contributed by atoms with E-state index in [0.717, 1.165) is 22.9 Å². The summed E-state index contributed by atoms with van der Waals surface area (Å²) in [6.07, 6.45) is 2.39. The molecule has 0 aliphatic carbocycles. The molecule has 5 aromatic rings. The van der Waals surface area contributed by atoms with Gasteiger partial charge in [0.25, 0.3) is 5.56 Å². The zero-order valence-electron chi connectivity index (χ0n) is 17.6. The van der Waals surface area contributed by atoms with Crippen LogP contribution >= 0.6 is 11.3 Å². The van der Waals surface area contributed by atoms with Crippen LogP contribution in [0.4, 0.5) is 4.39 Å². The molecule has 0 radical (unpaired) electrons. The van der Waals surface area contributed by atoms with Crippen LogP contribution in [0.1, 0.15) is 11.1 Å². The molecule has 1 amide bonds. The molecule has 2 aromatic carbocycles. The average Bonchev–Trinajstić information content (AvgIpc) is 3.42. The van der Waals surface area contributed by atoms with Crippen molar-refractivity contribution in [1.82, 2.24) is 19.5 Å². The monoisotopic (exact) mass is 450 g/mol. The quantitative estimate of drug-likeness (QED) is 0.394. The van der Waals surface area contributed by atoms with Gasteiger partial charge in [0.05, 0.1) is 4.53 Å². The molecule has 3 aromatic heterocycles. The first-order chi connectivity index (χ1) is 15.4. The summed E-state index contributed by atoms with van der Waals surface area (Å²) in [5.41, 5.74) is 2.02. The maximum atomic E-state index is 13.3. The SMILES string of the molecule is CN(C)C=O.Cc1c(-c2nc3s/c(=C\c4cccc(F)c4)c(=O)n3n2)oc2ccccc12. The average molecular weight is 450 g/mol. The Hall–Kier alpha value is -3.85. The number of fused-ring (bicyclic) bond motifs is 2. The Balaban J connectivity index is 0.000000444. The van der Waals surface area contributed by atoms with Crippen LogP contribution in [-0.4, -0.2) is 40.0 Å². The van der Waals surface area contributed by atoms with Crippen molar-refractivity contribution in [2.45, 2.75) is 6.92 Å². The normalized spacial score (nSPS) is 11.6. The number of para-hydroxylation sites is 1. The molecule has 0 aliphatic heterocycles. The highest BCUT2D eigenvalue weighted by Crippen LogP contribution is 2.31. The minimum Gasteiger partial charge on any atom is -0.452 e. The third-order valence-electron chi connectivity index (χ3n) is 4.59. The zero-order chi connectivity index (χ0) is 22.8. The van der Waals surface area contributed by atoms with E-state index < -0.39 is 0 Å². The fraction of sp³-hybridized carbons (Fsp3) is 0.130. The number of rotatable bonds is 3. The number of carbonyl (C=O) groups excluding carboxylic acids is 1. The van der Waals surface area contributed by atoms with Crippen LogP contribution in [0.5, 0.6) is 0 Å². The highest BCUT2D eigenvalue weighted by Gasteiger charge is 2.18. The summed E-state index contributed by atoms with van der Waals surface area (Å²) in [5, 5.41) is 5.33. The summed E-state index contributed by atoms with van der Waals surface area (Å²) >= 11 is 1.21. The van der Waals surface area contributed by atoms with E-state index in [2.05, 4.69) is 10.1 Å². The number of halogens is 1. The van der Waals surface area contributed by atoms with Crippen LogP contribution in [0.2, 0.25) is 0 Å². The van der Waals surface area contributed by atoms with E-state index in [4.69, 9.17) is 4.42 Å². The highest BCUT2D eigenvalue weighted by molar-refractivity contribution is 7.15. The van der Waals surface area contributed by atoms with E-state index in [1.54, 1.807) is 32.3 Å². The summed E-state index contributed by atoms with van der Waals surface area (Å²) in [4.78, 5) is 28.4. The number of carbonyl (C=O) groups is 1. The maximum absolute atomic E-state index is 13.3. The molecule has 0 fully saturated rings. The first-order valence-electron chi connectivity index (χ1n) is 9.64. The number of hydrogen-bond acceptors (Lipinski definition) is 6. The van der Waals surface area contributed by atoms with Gasteiger partial charge in [0.15, 0.2) is 5.76 Å². The summed E-state index contributed by atoms with van der Waals surface area (Å²) in [6, 6.07) is 13.8. The lowest BCUT2D eigenvalue weighted by Crippen LogP contribution is -2.23. The molecule has 32 heavy (non-hydrogen) atoms. The highest BCUT2D eigenvalue weighted by atomic mass is 32.1. The molecule has 9 heteroatoms. The van der Waals surface area contributed by atoms with Crippen LogP contribution in [0.15, 0.2) is 57.7 Å². The van der Waals surface area contributed by atoms with Crippen LogP contribution < -0.4 is 10.1 Å². The first kappa shape index (κ1) is 21.4. The summed E-state index contributed by atoms with van der Waals surface area (Å²) in [7, 11) is 3.38. The van der Waals surface area contributed by atoms with Gasteiger partial charge in [0.2, 0.25) is 17.2 Å². The molecule has 5 rings (SSSR count). The fourth-order valence-corrected chi connectivity index (χ4v) is 3.97. The molecular weight excluding hydrogens is 431 g/mol. The Morgan fingerprint density at radius 2 is 1.91 bits per heavy atom. The molecule has 0 saturated carbocycles. The van der Waals surface area contributed by atoms with Crippen molar-refractivity contribution < 1.29 is 13.6 Å². The largest absolute Gasteiger partial charge is 0.452 e. The molecule has 3 heterocycles.